The van der Waals surface area contributed by atoms with Crippen LogP contribution in [0.5, 0.6) is 0 Å². The van der Waals surface area contributed by atoms with Crippen molar-refractivity contribution in [3.8, 4) is 0 Å². The minimum atomic E-state index is -0.944. The maximum absolute atomic E-state index is 12.7. The van der Waals surface area contributed by atoms with Gasteiger partial charge in [0, 0.05) is 0 Å². The summed E-state index contributed by atoms with van der Waals surface area (Å²) < 4.78 is 12.7. The van der Waals surface area contributed by atoms with Gasteiger partial charge in [0.15, 0.2) is 0 Å². The molecule has 0 aliphatic heterocycles. The number of hydrogen-bond acceptors (Lipinski definition) is 3. The van der Waals surface area contributed by atoms with Gasteiger partial charge in [-0.2, -0.15) is 4.39 Å². The Balaban J connectivity index is 2.83. The number of pyridine rings is 1. The molecule has 14 heavy (non-hydrogen) atoms. The topological polar surface area (TPSA) is 68.0 Å². The molecule has 0 bridgehead atoms. The van der Waals surface area contributed by atoms with Crippen molar-refractivity contribution < 1.29 is 9.18 Å². The number of carbonyl (C=O) groups is 1. The van der Waals surface area contributed by atoms with Crippen LogP contribution < -0.4 is 11.1 Å². The van der Waals surface area contributed by atoms with E-state index in [9.17, 15) is 9.18 Å². The second-order valence-corrected chi connectivity index (χ2v) is 3.46. The largest absolute Gasteiger partial charge is 0.368 e. The number of nitrogens with two attached hydrogens (primary N) is 1. The minimum Gasteiger partial charge on any atom is -0.368 e. The lowest BCUT2D eigenvalue weighted by Gasteiger charge is -2.22. The third kappa shape index (κ3) is 2.42. The highest BCUT2D eigenvalue weighted by molar-refractivity contribution is 5.86. The van der Waals surface area contributed by atoms with E-state index in [2.05, 4.69) is 10.3 Å². The molecule has 0 saturated heterocycles. The number of carbonyl (C=O) groups excluding carboxylic acids is 1. The van der Waals surface area contributed by atoms with Crippen LogP contribution in [0.1, 0.15) is 13.8 Å². The first kappa shape index (κ1) is 10.4. The van der Waals surface area contributed by atoms with Crippen molar-refractivity contribution in [1.82, 2.24) is 4.98 Å². The van der Waals surface area contributed by atoms with Crippen molar-refractivity contribution in [2.45, 2.75) is 19.4 Å². The third-order valence-electron chi connectivity index (χ3n) is 1.77. The Morgan fingerprint density at radius 3 is 2.71 bits per heavy atom. The van der Waals surface area contributed by atoms with E-state index in [1.807, 2.05) is 0 Å². The van der Waals surface area contributed by atoms with Crippen LogP contribution in [0.2, 0.25) is 0 Å². The zero-order valence-corrected chi connectivity index (χ0v) is 8.04. The van der Waals surface area contributed by atoms with Gasteiger partial charge in [-0.25, -0.2) is 4.98 Å². The summed E-state index contributed by atoms with van der Waals surface area (Å²) in [6.07, 6.45) is 0. The first-order valence-electron chi connectivity index (χ1n) is 4.12. The molecule has 76 valence electrons. The molecule has 0 aliphatic carbocycles. The summed E-state index contributed by atoms with van der Waals surface area (Å²) in [5.41, 5.74) is 4.19. The van der Waals surface area contributed by atoms with Crippen LogP contribution in [-0.4, -0.2) is 16.4 Å². The highest BCUT2D eigenvalue weighted by atomic mass is 19.1. The standard InChI is InChI=1S/C9H12FN3O/c1-9(2,8(11)14)13-7-5-3-4-6(10)12-7/h3-5H,1-2H3,(H2,11,14)(H,12,13). The smallest absolute Gasteiger partial charge is 0.242 e. The van der Waals surface area contributed by atoms with E-state index in [0.717, 1.165) is 0 Å². The summed E-state index contributed by atoms with van der Waals surface area (Å²) in [5, 5.41) is 2.73. The van der Waals surface area contributed by atoms with Crippen molar-refractivity contribution in [1.29, 1.82) is 0 Å². The lowest BCUT2D eigenvalue weighted by Crippen LogP contribution is -2.45. The first-order chi connectivity index (χ1) is 6.42. The molecule has 0 radical (unpaired) electrons. The lowest BCUT2D eigenvalue weighted by atomic mass is 10.1. The molecule has 4 nitrogen and oxygen atoms in total. The van der Waals surface area contributed by atoms with Gasteiger partial charge < -0.3 is 11.1 Å². The number of amides is 1. The molecule has 0 saturated carbocycles. The number of hydrogen-bond donors (Lipinski definition) is 2. The van der Waals surface area contributed by atoms with E-state index in [0.29, 0.717) is 0 Å². The van der Waals surface area contributed by atoms with Crippen LogP contribution in [0.25, 0.3) is 0 Å². The molecule has 3 N–H and O–H groups in total. The number of anilines is 1. The predicted molar refractivity (Wildman–Crippen MR) is 51.1 cm³/mol. The van der Waals surface area contributed by atoms with Crippen LogP contribution in [0, 0.1) is 5.95 Å². The fraction of sp³-hybridized carbons (Fsp3) is 0.333. The van der Waals surface area contributed by atoms with E-state index in [4.69, 9.17) is 5.73 Å². The maximum atomic E-state index is 12.7. The number of nitrogens with one attached hydrogen (secondary N) is 1. The Bertz CT molecular complexity index is 352. The number of nitrogens with zero attached hydrogens (tertiary/aromatic N) is 1. The summed E-state index contributed by atoms with van der Waals surface area (Å²) in [4.78, 5) is 14.5. The van der Waals surface area contributed by atoms with Gasteiger partial charge in [0.1, 0.15) is 11.4 Å². The molecule has 5 heteroatoms. The quantitative estimate of drug-likeness (QED) is 0.707. The van der Waals surface area contributed by atoms with Crippen LogP contribution >= 0.6 is 0 Å². The summed E-state index contributed by atoms with van der Waals surface area (Å²) in [5.74, 6) is -0.840. The van der Waals surface area contributed by atoms with E-state index in [-0.39, 0.29) is 5.82 Å². The molecule has 1 amide bonds. The van der Waals surface area contributed by atoms with E-state index in [1.54, 1.807) is 19.9 Å². The van der Waals surface area contributed by atoms with E-state index >= 15 is 0 Å². The fourth-order valence-corrected chi connectivity index (χ4v) is 0.860. The van der Waals surface area contributed by atoms with Gasteiger partial charge in [0.25, 0.3) is 0 Å². The van der Waals surface area contributed by atoms with Gasteiger partial charge in [-0.15, -0.1) is 0 Å². The summed E-state index contributed by atoms with van der Waals surface area (Å²) >= 11 is 0. The molecule has 1 aromatic rings. The molecule has 0 fully saturated rings. The van der Waals surface area contributed by atoms with E-state index < -0.39 is 17.4 Å². The van der Waals surface area contributed by atoms with Crippen LogP contribution in [0.3, 0.4) is 0 Å². The monoisotopic (exact) mass is 197 g/mol. The van der Waals surface area contributed by atoms with Crippen molar-refractivity contribution in [2.24, 2.45) is 5.73 Å². The highest BCUT2D eigenvalue weighted by Crippen LogP contribution is 2.12. The van der Waals surface area contributed by atoms with Crippen molar-refractivity contribution in [2.75, 3.05) is 5.32 Å². The Labute approximate surface area is 81.3 Å². The zero-order chi connectivity index (χ0) is 10.8. The Morgan fingerprint density at radius 2 is 2.21 bits per heavy atom. The van der Waals surface area contributed by atoms with Crippen molar-refractivity contribution >= 4 is 11.7 Å². The van der Waals surface area contributed by atoms with Crippen LogP contribution in [0.4, 0.5) is 10.2 Å². The molecule has 1 heterocycles. The van der Waals surface area contributed by atoms with E-state index in [1.165, 1.54) is 12.1 Å². The second-order valence-electron chi connectivity index (χ2n) is 3.46. The SMILES string of the molecule is CC(C)(Nc1cccc(F)n1)C(N)=O. The average molecular weight is 197 g/mol. The molecule has 1 rings (SSSR count). The molecule has 0 aromatic carbocycles. The van der Waals surface area contributed by atoms with Gasteiger partial charge in [-0.1, -0.05) is 6.07 Å². The van der Waals surface area contributed by atoms with Gasteiger partial charge >= 0.3 is 0 Å². The van der Waals surface area contributed by atoms with Crippen LogP contribution in [0.15, 0.2) is 18.2 Å². The maximum Gasteiger partial charge on any atom is 0.242 e. The molecular formula is C9H12FN3O. The first-order valence-corrected chi connectivity index (χ1v) is 4.12. The lowest BCUT2D eigenvalue weighted by molar-refractivity contribution is -0.121. The number of aromatic nitrogens is 1. The Hall–Kier alpha value is -1.65. The van der Waals surface area contributed by atoms with Crippen molar-refractivity contribution in [3.05, 3.63) is 24.1 Å². The molecule has 0 unspecified atom stereocenters. The predicted octanol–water partition coefficient (Wildman–Crippen LogP) is 0.897. The zero-order valence-electron chi connectivity index (χ0n) is 8.04. The molecule has 0 aliphatic rings. The molecule has 0 atom stereocenters. The fourth-order valence-electron chi connectivity index (χ4n) is 0.860. The van der Waals surface area contributed by atoms with Gasteiger partial charge in [-0.3, -0.25) is 4.79 Å². The molecule has 0 spiro atoms. The second kappa shape index (κ2) is 3.61. The van der Waals surface area contributed by atoms with Crippen LogP contribution in [-0.2, 0) is 4.79 Å². The number of halogens is 1. The highest BCUT2D eigenvalue weighted by Gasteiger charge is 2.24. The Morgan fingerprint density at radius 1 is 1.57 bits per heavy atom. The minimum absolute atomic E-state index is 0.286. The van der Waals surface area contributed by atoms with Gasteiger partial charge in [0.05, 0.1) is 0 Å². The van der Waals surface area contributed by atoms with Gasteiger partial charge in [-0.05, 0) is 26.0 Å². The number of rotatable bonds is 3. The van der Waals surface area contributed by atoms with Gasteiger partial charge in [0.2, 0.25) is 11.9 Å². The normalized spacial score (nSPS) is 11.1. The number of primary amides is 1. The average Bonchev–Trinajstić information content (AvgIpc) is 2.02. The molecular weight excluding hydrogens is 185 g/mol. The Kier molecular flexibility index (Phi) is 2.69. The summed E-state index contributed by atoms with van der Waals surface area (Å²) in [6.45, 7) is 3.20. The van der Waals surface area contributed by atoms with Crippen molar-refractivity contribution in [3.63, 3.8) is 0 Å². The third-order valence-corrected chi connectivity index (χ3v) is 1.77. The summed E-state index contributed by atoms with van der Waals surface area (Å²) in [6, 6.07) is 4.29. The summed E-state index contributed by atoms with van der Waals surface area (Å²) in [7, 11) is 0. The molecule has 1 aromatic heterocycles.